The van der Waals surface area contributed by atoms with Gasteiger partial charge in [0.1, 0.15) is 23.9 Å². The summed E-state index contributed by atoms with van der Waals surface area (Å²) in [6.45, 7) is 0.106. The number of hydrogen-bond donors (Lipinski definition) is 7. The standard InChI is InChI=1S/C22H30N6O8/c23-13(8-11-3-5-12(29)6-4-11)19(32)26-14(9-17(24)30)21(34)28-7-1-2-16(28)20(33)27-15(22(35)36)10-18(25)31/h3-6,13-16,29H,1-2,7-10,23H2,(H2,24,30)(H2,25,31)(H,26,32)(H,27,33)(H,35,36). The summed E-state index contributed by atoms with van der Waals surface area (Å²) in [5, 5.41) is 23.2. The molecule has 0 aliphatic carbocycles. The molecule has 4 atom stereocenters. The number of nitrogens with two attached hydrogens (primary N) is 3. The van der Waals surface area contributed by atoms with Gasteiger partial charge in [-0.1, -0.05) is 12.1 Å². The van der Waals surface area contributed by atoms with Gasteiger partial charge in [-0.2, -0.15) is 0 Å². The first-order valence-corrected chi connectivity index (χ1v) is 11.1. The van der Waals surface area contributed by atoms with Gasteiger partial charge >= 0.3 is 5.97 Å². The Bertz CT molecular complexity index is 1010. The predicted octanol–water partition coefficient (Wildman–Crippen LogP) is -2.94. The van der Waals surface area contributed by atoms with E-state index < -0.39 is 72.5 Å². The summed E-state index contributed by atoms with van der Waals surface area (Å²) in [5.74, 6) is -5.57. The number of nitrogens with one attached hydrogen (secondary N) is 2. The fourth-order valence-electron chi connectivity index (χ4n) is 3.83. The normalized spacial score (nSPS) is 17.5. The Kier molecular flexibility index (Phi) is 9.73. The van der Waals surface area contributed by atoms with E-state index in [1.54, 1.807) is 12.1 Å². The number of nitrogens with zero attached hydrogens (tertiary/aromatic N) is 1. The van der Waals surface area contributed by atoms with Gasteiger partial charge in [-0.05, 0) is 37.0 Å². The highest BCUT2D eigenvalue weighted by atomic mass is 16.4. The van der Waals surface area contributed by atoms with Crippen molar-refractivity contribution in [3.63, 3.8) is 0 Å². The van der Waals surface area contributed by atoms with E-state index >= 15 is 0 Å². The van der Waals surface area contributed by atoms with Crippen LogP contribution in [-0.2, 0) is 35.2 Å². The van der Waals surface area contributed by atoms with Gasteiger partial charge < -0.3 is 42.9 Å². The highest BCUT2D eigenvalue weighted by Gasteiger charge is 2.39. The molecule has 1 saturated heterocycles. The van der Waals surface area contributed by atoms with Crippen LogP contribution in [0.2, 0.25) is 0 Å². The molecule has 0 saturated carbocycles. The van der Waals surface area contributed by atoms with Crippen LogP contribution in [0.1, 0.15) is 31.2 Å². The summed E-state index contributed by atoms with van der Waals surface area (Å²) < 4.78 is 0. The third-order valence-electron chi connectivity index (χ3n) is 5.61. The van der Waals surface area contributed by atoms with Gasteiger partial charge in [0, 0.05) is 6.54 Å². The van der Waals surface area contributed by atoms with Crippen LogP contribution in [0.4, 0.5) is 0 Å². The molecule has 4 unspecified atom stereocenters. The molecule has 1 aliphatic rings. The Labute approximate surface area is 206 Å². The van der Waals surface area contributed by atoms with Crippen LogP contribution in [0.15, 0.2) is 24.3 Å². The van der Waals surface area contributed by atoms with Gasteiger partial charge in [-0.25, -0.2) is 4.79 Å². The molecule has 1 aromatic carbocycles. The van der Waals surface area contributed by atoms with Crippen molar-refractivity contribution in [1.29, 1.82) is 0 Å². The number of aromatic hydroxyl groups is 1. The smallest absolute Gasteiger partial charge is 0.326 e. The van der Waals surface area contributed by atoms with E-state index in [0.717, 1.165) is 4.90 Å². The molecule has 10 N–H and O–H groups in total. The first-order chi connectivity index (χ1) is 16.9. The molecule has 196 valence electrons. The molecule has 0 aromatic heterocycles. The summed E-state index contributed by atoms with van der Waals surface area (Å²) in [6.07, 6.45) is -0.524. The van der Waals surface area contributed by atoms with Crippen LogP contribution < -0.4 is 27.8 Å². The number of carbonyl (C=O) groups is 6. The van der Waals surface area contributed by atoms with Crippen LogP contribution in [0, 0.1) is 0 Å². The van der Waals surface area contributed by atoms with Crippen molar-refractivity contribution >= 4 is 35.5 Å². The van der Waals surface area contributed by atoms with E-state index in [0.29, 0.717) is 12.0 Å². The molecule has 5 amide bonds. The monoisotopic (exact) mass is 506 g/mol. The molecule has 1 fully saturated rings. The number of amides is 5. The quantitative estimate of drug-likeness (QED) is 0.153. The largest absolute Gasteiger partial charge is 0.508 e. The number of phenolic OH excluding ortho intramolecular Hbond substituents is 1. The fraction of sp³-hybridized carbons (Fsp3) is 0.455. The molecule has 0 spiro atoms. The lowest BCUT2D eigenvalue weighted by atomic mass is 10.0. The van der Waals surface area contributed by atoms with Crippen LogP contribution in [0.25, 0.3) is 0 Å². The Hall–Kier alpha value is -4.20. The van der Waals surface area contributed by atoms with E-state index in [1.807, 2.05) is 0 Å². The fourth-order valence-corrected chi connectivity index (χ4v) is 3.83. The number of phenols is 1. The molecule has 2 rings (SSSR count). The number of carbonyl (C=O) groups excluding carboxylic acids is 5. The lowest BCUT2D eigenvalue weighted by Gasteiger charge is -2.29. The number of primary amides is 2. The van der Waals surface area contributed by atoms with Gasteiger partial charge in [0.05, 0.1) is 18.9 Å². The van der Waals surface area contributed by atoms with Gasteiger partial charge in [-0.3, -0.25) is 24.0 Å². The van der Waals surface area contributed by atoms with E-state index in [9.17, 15) is 39.0 Å². The zero-order chi connectivity index (χ0) is 27.0. The zero-order valence-electron chi connectivity index (χ0n) is 19.4. The maximum atomic E-state index is 13.2. The molecular formula is C22H30N6O8. The molecule has 1 heterocycles. The number of likely N-dealkylation sites (tertiary alicyclic amines) is 1. The maximum Gasteiger partial charge on any atom is 0.326 e. The Morgan fingerprint density at radius 2 is 1.56 bits per heavy atom. The number of hydrogen-bond acceptors (Lipinski definition) is 8. The van der Waals surface area contributed by atoms with Crippen LogP contribution in [-0.4, -0.2) is 81.3 Å². The van der Waals surface area contributed by atoms with Crippen molar-refractivity contribution in [2.24, 2.45) is 17.2 Å². The molecular weight excluding hydrogens is 476 g/mol. The molecule has 1 aliphatic heterocycles. The SMILES string of the molecule is NC(=O)CC(NC(=O)C1CCCN1C(=O)C(CC(N)=O)NC(=O)C(N)Cc1ccc(O)cc1)C(=O)O. The number of rotatable bonds is 12. The van der Waals surface area contributed by atoms with Gasteiger partial charge in [0.25, 0.3) is 0 Å². The number of carboxylic acids is 1. The van der Waals surface area contributed by atoms with E-state index in [2.05, 4.69) is 10.6 Å². The van der Waals surface area contributed by atoms with Crippen molar-refractivity contribution in [3.05, 3.63) is 29.8 Å². The average molecular weight is 507 g/mol. The van der Waals surface area contributed by atoms with Crippen molar-refractivity contribution in [2.45, 2.75) is 56.3 Å². The molecule has 36 heavy (non-hydrogen) atoms. The van der Waals surface area contributed by atoms with Crippen molar-refractivity contribution in [3.8, 4) is 5.75 Å². The molecule has 0 bridgehead atoms. The lowest BCUT2D eigenvalue weighted by Crippen LogP contribution is -2.57. The summed E-state index contributed by atoms with van der Waals surface area (Å²) >= 11 is 0. The average Bonchev–Trinajstić information content (AvgIpc) is 3.28. The molecule has 14 nitrogen and oxygen atoms in total. The van der Waals surface area contributed by atoms with Gasteiger partial charge in [0.2, 0.25) is 29.5 Å². The zero-order valence-corrected chi connectivity index (χ0v) is 19.4. The second-order valence-electron chi connectivity index (χ2n) is 8.47. The minimum atomic E-state index is -1.58. The number of benzene rings is 1. The first-order valence-electron chi connectivity index (χ1n) is 11.1. The van der Waals surface area contributed by atoms with E-state index in [4.69, 9.17) is 17.2 Å². The topological polar surface area (TPSA) is 248 Å². The second kappa shape index (κ2) is 12.5. The summed E-state index contributed by atoms with van der Waals surface area (Å²) in [5.41, 5.74) is 16.9. The van der Waals surface area contributed by atoms with Crippen LogP contribution >= 0.6 is 0 Å². The Morgan fingerprint density at radius 3 is 2.11 bits per heavy atom. The predicted molar refractivity (Wildman–Crippen MR) is 124 cm³/mol. The highest BCUT2D eigenvalue weighted by molar-refractivity contribution is 5.97. The second-order valence-corrected chi connectivity index (χ2v) is 8.47. The van der Waals surface area contributed by atoms with Crippen molar-refractivity contribution < 1.29 is 39.0 Å². The van der Waals surface area contributed by atoms with Gasteiger partial charge in [0.15, 0.2) is 0 Å². The minimum absolute atomic E-state index is 0.0393. The molecule has 1 aromatic rings. The number of carboxylic acid groups (broad SMARTS) is 1. The third-order valence-corrected chi connectivity index (χ3v) is 5.61. The van der Waals surface area contributed by atoms with Crippen molar-refractivity contribution in [1.82, 2.24) is 15.5 Å². The van der Waals surface area contributed by atoms with Crippen molar-refractivity contribution in [2.75, 3.05) is 6.54 Å². The summed E-state index contributed by atoms with van der Waals surface area (Å²) in [6, 6.07) is 0.828. The maximum absolute atomic E-state index is 13.2. The third kappa shape index (κ3) is 7.94. The molecule has 0 radical (unpaired) electrons. The summed E-state index contributed by atoms with van der Waals surface area (Å²) in [7, 11) is 0. The highest BCUT2D eigenvalue weighted by Crippen LogP contribution is 2.20. The van der Waals surface area contributed by atoms with E-state index in [1.165, 1.54) is 12.1 Å². The molecule has 14 heteroatoms. The van der Waals surface area contributed by atoms with Crippen LogP contribution in [0.3, 0.4) is 0 Å². The first kappa shape index (κ1) is 28.0. The van der Waals surface area contributed by atoms with E-state index in [-0.39, 0.29) is 25.1 Å². The van der Waals surface area contributed by atoms with Gasteiger partial charge in [-0.15, -0.1) is 0 Å². The summed E-state index contributed by atoms with van der Waals surface area (Å²) in [4.78, 5) is 73.8. The Balaban J connectivity index is 2.11. The lowest BCUT2D eigenvalue weighted by molar-refractivity contribution is -0.146. The Morgan fingerprint density at radius 1 is 0.972 bits per heavy atom. The minimum Gasteiger partial charge on any atom is -0.508 e. The van der Waals surface area contributed by atoms with Crippen LogP contribution in [0.5, 0.6) is 5.75 Å². The number of aliphatic carboxylic acids is 1.